The summed E-state index contributed by atoms with van der Waals surface area (Å²) in [5.41, 5.74) is 2.95. The van der Waals surface area contributed by atoms with Crippen LogP contribution in [-0.4, -0.2) is 22.7 Å². The fraction of sp³-hybridized carbons (Fsp3) is 0.182. The number of carbonyl (C=O) groups is 1. The van der Waals surface area contributed by atoms with Gasteiger partial charge in [-0.1, -0.05) is 28.8 Å². The zero-order chi connectivity index (χ0) is 12.1. The summed E-state index contributed by atoms with van der Waals surface area (Å²) in [5.74, 6) is 0. The molecule has 0 saturated heterocycles. The summed E-state index contributed by atoms with van der Waals surface area (Å²) in [4.78, 5) is 11.0. The fourth-order valence-corrected chi connectivity index (χ4v) is 1.82. The lowest BCUT2D eigenvalue weighted by Crippen LogP contribution is -2.32. The van der Waals surface area contributed by atoms with Crippen LogP contribution in [0.3, 0.4) is 0 Å². The molecule has 1 aromatic carbocycles. The number of amides is 2. The van der Waals surface area contributed by atoms with Crippen LogP contribution in [0.1, 0.15) is 5.56 Å². The third-order valence-corrected chi connectivity index (χ3v) is 2.79. The van der Waals surface area contributed by atoms with Crippen molar-refractivity contribution in [3.63, 3.8) is 0 Å². The Morgan fingerprint density at radius 3 is 2.71 bits per heavy atom. The first-order valence-electron chi connectivity index (χ1n) is 5.11. The van der Waals surface area contributed by atoms with E-state index >= 15 is 0 Å². The van der Waals surface area contributed by atoms with Gasteiger partial charge in [-0.3, -0.25) is 0 Å². The van der Waals surface area contributed by atoms with Gasteiger partial charge in [-0.2, -0.15) is 0 Å². The van der Waals surface area contributed by atoms with Crippen LogP contribution in [-0.2, 0) is 6.54 Å². The molecule has 88 valence electrons. The maximum Gasteiger partial charge on any atom is 0.314 e. The summed E-state index contributed by atoms with van der Waals surface area (Å²) in [6.45, 7) is 0.509. The monoisotopic (exact) mass is 248 g/mol. The van der Waals surface area contributed by atoms with E-state index in [0.29, 0.717) is 6.54 Å². The Labute approximate surface area is 103 Å². The molecule has 17 heavy (non-hydrogen) atoms. The van der Waals surface area contributed by atoms with E-state index in [4.69, 9.17) is 0 Å². The Morgan fingerprint density at radius 2 is 2.12 bits per heavy atom. The van der Waals surface area contributed by atoms with E-state index in [1.807, 2.05) is 29.6 Å². The molecule has 0 bridgehead atoms. The van der Waals surface area contributed by atoms with Gasteiger partial charge in [-0.05, 0) is 17.1 Å². The largest absolute Gasteiger partial charge is 0.341 e. The van der Waals surface area contributed by atoms with Crippen molar-refractivity contribution in [1.82, 2.24) is 20.2 Å². The number of carbonyl (C=O) groups excluding carboxylic acids is 1. The maximum absolute atomic E-state index is 11.0. The topological polar surface area (TPSA) is 66.9 Å². The standard InChI is InChI=1S/C11H12N4OS/c1-12-11(16)13-6-8-2-4-9(5-3-8)10-7-17-15-14-10/h2-5,7H,6H2,1H3,(H2,12,13,16). The van der Waals surface area contributed by atoms with Crippen LogP contribution < -0.4 is 10.6 Å². The van der Waals surface area contributed by atoms with Crippen LogP contribution in [0.4, 0.5) is 4.79 Å². The van der Waals surface area contributed by atoms with Gasteiger partial charge in [-0.15, -0.1) is 5.10 Å². The number of benzene rings is 1. The van der Waals surface area contributed by atoms with E-state index in [1.54, 1.807) is 7.05 Å². The first-order chi connectivity index (χ1) is 8.29. The Bertz CT molecular complexity index is 481. The van der Waals surface area contributed by atoms with Gasteiger partial charge in [-0.25, -0.2) is 4.79 Å². The van der Waals surface area contributed by atoms with Crippen molar-refractivity contribution in [3.05, 3.63) is 35.2 Å². The van der Waals surface area contributed by atoms with Crippen LogP contribution in [0.2, 0.25) is 0 Å². The van der Waals surface area contributed by atoms with Gasteiger partial charge in [0.25, 0.3) is 0 Å². The van der Waals surface area contributed by atoms with Gasteiger partial charge in [0, 0.05) is 24.5 Å². The molecule has 0 unspecified atom stereocenters. The predicted molar refractivity (Wildman–Crippen MR) is 66.6 cm³/mol. The first-order valence-corrected chi connectivity index (χ1v) is 5.95. The molecule has 2 rings (SSSR count). The van der Waals surface area contributed by atoms with Crippen molar-refractivity contribution in [1.29, 1.82) is 0 Å². The number of hydrogen-bond acceptors (Lipinski definition) is 4. The lowest BCUT2D eigenvalue weighted by Gasteiger charge is -2.04. The molecule has 0 saturated carbocycles. The number of rotatable bonds is 3. The first kappa shape index (κ1) is 11.5. The second-order valence-corrected chi connectivity index (χ2v) is 4.03. The molecule has 0 radical (unpaired) electrons. The van der Waals surface area contributed by atoms with Gasteiger partial charge < -0.3 is 10.6 Å². The van der Waals surface area contributed by atoms with Gasteiger partial charge in [0.2, 0.25) is 0 Å². The number of nitrogens with one attached hydrogen (secondary N) is 2. The maximum atomic E-state index is 11.0. The molecule has 1 heterocycles. The summed E-state index contributed by atoms with van der Waals surface area (Å²) >= 11 is 1.33. The Hall–Kier alpha value is -1.95. The van der Waals surface area contributed by atoms with Crippen molar-refractivity contribution < 1.29 is 4.79 Å². The van der Waals surface area contributed by atoms with E-state index in [-0.39, 0.29) is 6.03 Å². The van der Waals surface area contributed by atoms with Gasteiger partial charge in [0.1, 0.15) is 5.69 Å². The Kier molecular flexibility index (Phi) is 3.66. The normalized spacial score (nSPS) is 9.94. The van der Waals surface area contributed by atoms with Gasteiger partial charge >= 0.3 is 6.03 Å². The van der Waals surface area contributed by atoms with Crippen LogP contribution >= 0.6 is 11.5 Å². The van der Waals surface area contributed by atoms with Crippen molar-refractivity contribution in [2.24, 2.45) is 0 Å². The molecule has 2 amide bonds. The number of aromatic nitrogens is 2. The molecule has 2 N–H and O–H groups in total. The van der Waals surface area contributed by atoms with E-state index < -0.39 is 0 Å². The summed E-state index contributed by atoms with van der Waals surface area (Å²) in [7, 11) is 1.59. The second kappa shape index (κ2) is 5.40. The Balaban J connectivity index is 2.01. The lowest BCUT2D eigenvalue weighted by atomic mass is 10.1. The van der Waals surface area contributed by atoms with Crippen LogP contribution in [0.5, 0.6) is 0 Å². The molecule has 5 nitrogen and oxygen atoms in total. The number of nitrogens with zero attached hydrogens (tertiary/aromatic N) is 2. The van der Waals surface area contributed by atoms with E-state index in [1.165, 1.54) is 11.5 Å². The zero-order valence-corrected chi connectivity index (χ0v) is 10.1. The SMILES string of the molecule is CNC(=O)NCc1ccc(-c2csnn2)cc1. The Morgan fingerprint density at radius 1 is 1.35 bits per heavy atom. The second-order valence-electron chi connectivity index (χ2n) is 3.42. The smallest absolute Gasteiger partial charge is 0.314 e. The molecular weight excluding hydrogens is 236 g/mol. The minimum Gasteiger partial charge on any atom is -0.341 e. The van der Waals surface area contributed by atoms with Crippen LogP contribution in [0.15, 0.2) is 29.6 Å². The summed E-state index contributed by atoms with van der Waals surface area (Å²) in [6, 6.07) is 7.68. The highest BCUT2D eigenvalue weighted by Gasteiger charge is 2.01. The highest BCUT2D eigenvalue weighted by Crippen LogP contribution is 2.17. The minimum atomic E-state index is -0.183. The molecule has 6 heteroatoms. The summed E-state index contributed by atoms with van der Waals surface area (Å²) < 4.78 is 3.82. The molecule has 1 aromatic heterocycles. The number of urea groups is 1. The van der Waals surface area contributed by atoms with Crippen LogP contribution in [0.25, 0.3) is 11.3 Å². The average Bonchev–Trinajstić information content (AvgIpc) is 2.90. The minimum absolute atomic E-state index is 0.183. The fourth-order valence-electron chi connectivity index (χ4n) is 1.35. The van der Waals surface area contributed by atoms with E-state index in [9.17, 15) is 4.79 Å². The molecule has 2 aromatic rings. The predicted octanol–water partition coefficient (Wildman–Crippen LogP) is 1.63. The lowest BCUT2D eigenvalue weighted by molar-refractivity contribution is 0.242. The van der Waals surface area contributed by atoms with Gasteiger partial charge in [0.15, 0.2) is 0 Å². The summed E-state index contributed by atoms with van der Waals surface area (Å²) in [5, 5.41) is 11.1. The highest BCUT2D eigenvalue weighted by atomic mass is 32.1. The third kappa shape index (κ3) is 3.01. The van der Waals surface area contributed by atoms with Crippen LogP contribution in [0, 0.1) is 0 Å². The van der Waals surface area contributed by atoms with Crippen molar-refractivity contribution >= 4 is 17.6 Å². The zero-order valence-electron chi connectivity index (χ0n) is 9.30. The van der Waals surface area contributed by atoms with Gasteiger partial charge in [0.05, 0.1) is 0 Å². The van der Waals surface area contributed by atoms with Crippen molar-refractivity contribution in [2.45, 2.75) is 6.54 Å². The number of hydrogen-bond donors (Lipinski definition) is 2. The molecule has 0 aliphatic rings. The van der Waals surface area contributed by atoms with E-state index in [2.05, 4.69) is 20.2 Å². The molecule has 0 aliphatic carbocycles. The van der Waals surface area contributed by atoms with E-state index in [0.717, 1.165) is 16.8 Å². The third-order valence-electron chi connectivity index (χ3n) is 2.29. The molecule has 0 spiro atoms. The summed E-state index contributed by atoms with van der Waals surface area (Å²) in [6.07, 6.45) is 0. The quantitative estimate of drug-likeness (QED) is 0.867. The van der Waals surface area contributed by atoms with Crippen molar-refractivity contribution in [2.75, 3.05) is 7.05 Å². The van der Waals surface area contributed by atoms with Crippen molar-refractivity contribution in [3.8, 4) is 11.3 Å². The highest BCUT2D eigenvalue weighted by molar-refractivity contribution is 7.03. The molecule has 0 atom stereocenters. The molecule has 0 aliphatic heterocycles. The molecule has 0 fully saturated rings. The molecular formula is C11H12N4OS. The average molecular weight is 248 g/mol.